The van der Waals surface area contributed by atoms with Crippen molar-refractivity contribution in [1.82, 2.24) is 4.90 Å². The van der Waals surface area contributed by atoms with Gasteiger partial charge < -0.3 is 23.8 Å². The largest absolute Gasteiger partial charge is 0.497 e. The third-order valence-corrected chi connectivity index (χ3v) is 5.72. The molecule has 0 aliphatic carbocycles. The predicted molar refractivity (Wildman–Crippen MR) is 135 cm³/mol. The second kappa shape index (κ2) is 12.1. The quantitative estimate of drug-likeness (QED) is 0.341. The van der Waals surface area contributed by atoms with Crippen molar-refractivity contribution in [1.29, 1.82) is 0 Å². The van der Waals surface area contributed by atoms with Gasteiger partial charge in [0.15, 0.2) is 11.5 Å². The van der Waals surface area contributed by atoms with Gasteiger partial charge in [0, 0.05) is 12.2 Å². The third-order valence-electron chi connectivity index (χ3n) is 5.72. The number of methoxy groups -OCH3 is 2. The molecule has 2 aromatic rings. The number of rotatable bonds is 11. The van der Waals surface area contributed by atoms with Crippen LogP contribution < -0.4 is 14.2 Å². The van der Waals surface area contributed by atoms with E-state index in [0.717, 1.165) is 23.3 Å². The molecule has 1 aliphatic heterocycles. The maximum Gasteiger partial charge on any atom is 0.340 e. The molecule has 0 fully saturated rings. The van der Waals surface area contributed by atoms with E-state index in [0.29, 0.717) is 48.9 Å². The Labute approximate surface area is 206 Å². The normalized spacial score (nSPS) is 14.5. The van der Waals surface area contributed by atoms with Crippen LogP contribution in [0.2, 0.25) is 0 Å². The second-order valence-corrected chi connectivity index (χ2v) is 8.05. The van der Waals surface area contributed by atoms with Gasteiger partial charge in [0.1, 0.15) is 5.75 Å². The summed E-state index contributed by atoms with van der Waals surface area (Å²) in [4.78, 5) is 27.7. The highest BCUT2D eigenvalue weighted by molar-refractivity contribution is 6.16. The van der Waals surface area contributed by atoms with Gasteiger partial charge in [-0.2, -0.15) is 0 Å². The molecular formula is C28H33NO6. The van der Waals surface area contributed by atoms with Gasteiger partial charge in [0.25, 0.3) is 5.91 Å². The highest BCUT2D eigenvalue weighted by atomic mass is 16.5. The van der Waals surface area contributed by atoms with Crippen LogP contribution in [0.15, 0.2) is 59.3 Å². The van der Waals surface area contributed by atoms with Crippen molar-refractivity contribution in [2.45, 2.75) is 33.6 Å². The average molecular weight is 480 g/mol. The van der Waals surface area contributed by atoms with Crippen LogP contribution >= 0.6 is 0 Å². The molecule has 35 heavy (non-hydrogen) atoms. The highest BCUT2D eigenvalue weighted by Crippen LogP contribution is 2.34. The summed E-state index contributed by atoms with van der Waals surface area (Å²) < 4.78 is 21.7. The van der Waals surface area contributed by atoms with E-state index in [1.165, 1.54) is 7.11 Å². The Bertz CT molecular complexity index is 1120. The minimum absolute atomic E-state index is 0.235. The number of esters is 1. The number of nitrogens with zero attached hydrogens (tertiary/aromatic N) is 1. The molecule has 1 aliphatic rings. The van der Waals surface area contributed by atoms with Gasteiger partial charge in [-0.05, 0) is 68.2 Å². The first-order valence-electron chi connectivity index (χ1n) is 11.8. The summed E-state index contributed by atoms with van der Waals surface area (Å²) in [6, 6.07) is 13.2. The van der Waals surface area contributed by atoms with Gasteiger partial charge in [-0.15, -0.1) is 0 Å². The molecule has 0 spiro atoms. The number of hydrogen-bond acceptors (Lipinski definition) is 6. The summed E-state index contributed by atoms with van der Waals surface area (Å²) in [6.45, 7) is 7.20. The van der Waals surface area contributed by atoms with Crippen LogP contribution in [0.3, 0.4) is 0 Å². The minimum atomic E-state index is -0.540. The fourth-order valence-electron chi connectivity index (χ4n) is 3.91. The Hall–Kier alpha value is -3.74. The summed E-state index contributed by atoms with van der Waals surface area (Å²) in [5.41, 5.74) is 2.94. The molecule has 7 nitrogen and oxygen atoms in total. The lowest BCUT2D eigenvalue weighted by Crippen LogP contribution is -2.27. The maximum absolute atomic E-state index is 13.4. The van der Waals surface area contributed by atoms with E-state index >= 15 is 0 Å². The maximum atomic E-state index is 13.4. The summed E-state index contributed by atoms with van der Waals surface area (Å²) in [7, 11) is 2.94. The van der Waals surface area contributed by atoms with Gasteiger partial charge >= 0.3 is 5.97 Å². The molecular weight excluding hydrogens is 446 g/mol. The molecule has 7 heteroatoms. The zero-order valence-electron chi connectivity index (χ0n) is 21.1. The Kier molecular flexibility index (Phi) is 8.95. The number of carbonyl (C=O) groups is 2. The van der Waals surface area contributed by atoms with Crippen LogP contribution in [-0.2, 0) is 20.7 Å². The Morgan fingerprint density at radius 2 is 1.74 bits per heavy atom. The molecule has 0 atom stereocenters. The van der Waals surface area contributed by atoms with Crippen molar-refractivity contribution in [2.24, 2.45) is 0 Å². The fraction of sp³-hybridized carbons (Fsp3) is 0.357. The summed E-state index contributed by atoms with van der Waals surface area (Å²) >= 11 is 0. The summed E-state index contributed by atoms with van der Waals surface area (Å²) in [5, 5.41) is 0. The van der Waals surface area contributed by atoms with Crippen LogP contribution in [0.1, 0.15) is 38.3 Å². The number of ether oxygens (including phenoxy) is 4. The first kappa shape index (κ1) is 25.9. The molecule has 0 aromatic heterocycles. The third kappa shape index (κ3) is 6.04. The molecule has 0 unspecified atom stereocenters. The smallest absolute Gasteiger partial charge is 0.340 e. The van der Waals surface area contributed by atoms with E-state index < -0.39 is 5.97 Å². The Morgan fingerprint density at radius 3 is 2.37 bits per heavy atom. The highest BCUT2D eigenvalue weighted by Gasteiger charge is 2.36. The molecule has 0 N–H and O–H groups in total. The molecule has 1 heterocycles. The molecule has 3 rings (SSSR count). The summed E-state index contributed by atoms with van der Waals surface area (Å²) in [6.07, 6.45) is 3.22. The average Bonchev–Trinajstić information content (AvgIpc) is 3.10. The van der Waals surface area contributed by atoms with Gasteiger partial charge in [0.05, 0.1) is 38.6 Å². The SMILES string of the molecule is CCCOc1ccc(/C=C2\C(=O)N(CCc3ccc(OC)cc3)C(C)=C2C(=O)OC)cc1OCC. The lowest BCUT2D eigenvalue weighted by molar-refractivity contribution is -0.136. The van der Waals surface area contributed by atoms with Gasteiger partial charge in [-0.1, -0.05) is 25.1 Å². The number of amides is 1. The lowest BCUT2D eigenvalue weighted by atomic mass is 10.0. The van der Waals surface area contributed by atoms with Crippen molar-refractivity contribution < 1.29 is 28.5 Å². The van der Waals surface area contributed by atoms with Crippen LogP contribution in [0.4, 0.5) is 0 Å². The van der Waals surface area contributed by atoms with Crippen molar-refractivity contribution >= 4 is 18.0 Å². The Balaban J connectivity index is 1.90. The Morgan fingerprint density at radius 1 is 1.00 bits per heavy atom. The van der Waals surface area contributed by atoms with E-state index in [-0.39, 0.29) is 11.5 Å². The molecule has 186 valence electrons. The van der Waals surface area contributed by atoms with E-state index in [1.807, 2.05) is 56.3 Å². The van der Waals surface area contributed by atoms with Gasteiger partial charge in [-0.3, -0.25) is 4.79 Å². The number of hydrogen-bond donors (Lipinski definition) is 0. The van der Waals surface area contributed by atoms with Crippen LogP contribution in [0.25, 0.3) is 6.08 Å². The number of benzene rings is 2. The van der Waals surface area contributed by atoms with E-state index in [1.54, 1.807) is 25.0 Å². The van der Waals surface area contributed by atoms with E-state index in [2.05, 4.69) is 0 Å². The van der Waals surface area contributed by atoms with Crippen molar-refractivity contribution in [3.05, 3.63) is 70.4 Å². The van der Waals surface area contributed by atoms with E-state index in [9.17, 15) is 9.59 Å². The second-order valence-electron chi connectivity index (χ2n) is 8.05. The van der Waals surface area contributed by atoms with Crippen molar-refractivity contribution in [3.8, 4) is 17.2 Å². The monoisotopic (exact) mass is 479 g/mol. The minimum Gasteiger partial charge on any atom is -0.497 e. The first-order valence-corrected chi connectivity index (χ1v) is 11.8. The van der Waals surface area contributed by atoms with Gasteiger partial charge in [-0.25, -0.2) is 4.79 Å². The van der Waals surface area contributed by atoms with E-state index in [4.69, 9.17) is 18.9 Å². The molecule has 1 amide bonds. The first-order chi connectivity index (χ1) is 16.9. The fourth-order valence-corrected chi connectivity index (χ4v) is 3.91. The zero-order chi connectivity index (χ0) is 25.4. The van der Waals surface area contributed by atoms with Crippen LogP contribution in [0, 0.1) is 0 Å². The van der Waals surface area contributed by atoms with Crippen molar-refractivity contribution in [3.63, 3.8) is 0 Å². The topological polar surface area (TPSA) is 74.3 Å². The zero-order valence-corrected chi connectivity index (χ0v) is 21.1. The molecule has 0 bridgehead atoms. The number of carbonyl (C=O) groups excluding carboxylic acids is 2. The van der Waals surface area contributed by atoms with Crippen LogP contribution in [0.5, 0.6) is 17.2 Å². The van der Waals surface area contributed by atoms with Crippen LogP contribution in [-0.4, -0.2) is 50.8 Å². The molecule has 0 saturated carbocycles. The predicted octanol–water partition coefficient (Wildman–Crippen LogP) is 4.80. The van der Waals surface area contributed by atoms with Crippen molar-refractivity contribution in [2.75, 3.05) is 34.0 Å². The summed E-state index contributed by atoms with van der Waals surface area (Å²) in [5.74, 6) is 1.24. The standard InChI is InChI=1S/C28H33NO6/c1-6-16-35-24-13-10-21(18-25(24)34-7-2)17-23-26(28(31)33-5)19(3)29(27(23)30)15-14-20-8-11-22(32-4)12-9-20/h8-13,17-18H,6-7,14-16H2,1-5H3/b23-17-. The molecule has 2 aromatic carbocycles. The number of allylic oxidation sites excluding steroid dienone is 1. The lowest BCUT2D eigenvalue weighted by Gasteiger charge is -2.18. The molecule has 0 radical (unpaired) electrons. The van der Waals surface area contributed by atoms with Gasteiger partial charge in [0.2, 0.25) is 0 Å². The molecule has 0 saturated heterocycles.